The van der Waals surface area contributed by atoms with Crippen LogP contribution in [0.25, 0.3) is 5.69 Å². The molecule has 6 nitrogen and oxygen atoms in total. The van der Waals surface area contributed by atoms with Crippen LogP contribution in [-0.4, -0.2) is 39.4 Å². The van der Waals surface area contributed by atoms with Crippen molar-refractivity contribution in [1.29, 1.82) is 0 Å². The van der Waals surface area contributed by atoms with E-state index in [0.717, 1.165) is 13.0 Å². The third kappa shape index (κ3) is 4.55. The average molecular weight is 393 g/mol. The number of carbonyl (C=O) groups is 1. The number of nitrogens with one attached hydrogen (secondary N) is 1. The standard InChI is InChI=1S/C23H27N3O3/c1-3-14-24-15-20(27)16-25-17(2)21(22(28)18-10-6-4-7-11-18)23(29)26(25)19-12-8-5-9-13-19/h4-13,20,24,27H,3,14-16H2,1-2H3/t20-/m1/s1. The molecule has 3 aromatic rings. The highest BCUT2D eigenvalue weighted by molar-refractivity contribution is 6.09. The first-order chi connectivity index (χ1) is 14.0. The van der Waals surface area contributed by atoms with Crippen molar-refractivity contribution in [3.05, 3.63) is 87.8 Å². The van der Waals surface area contributed by atoms with Crippen LogP contribution >= 0.6 is 0 Å². The summed E-state index contributed by atoms with van der Waals surface area (Å²) < 4.78 is 3.18. The van der Waals surface area contributed by atoms with Crippen LogP contribution in [0.15, 0.2) is 65.5 Å². The van der Waals surface area contributed by atoms with Gasteiger partial charge in [0, 0.05) is 17.8 Å². The molecule has 0 aliphatic rings. The summed E-state index contributed by atoms with van der Waals surface area (Å²) in [6, 6.07) is 18.0. The zero-order chi connectivity index (χ0) is 20.8. The number of ketones is 1. The van der Waals surface area contributed by atoms with Gasteiger partial charge in [0.05, 0.1) is 18.3 Å². The van der Waals surface area contributed by atoms with Crippen molar-refractivity contribution in [3.63, 3.8) is 0 Å². The summed E-state index contributed by atoms with van der Waals surface area (Å²) >= 11 is 0. The Hall–Kier alpha value is -2.96. The first kappa shape index (κ1) is 20.8. The second-order valence-corrected chi connectivity index (χ2v) is 7.05. The van der Waals surface area contributed by atoms with Gasteiger partial charge in [-0.2, -0.15) is 0 Å². The second-order valence-electron chi connectivity index (χ2n) is 7.05. The number of nitrogens with zero attached hydrogens (tertiary/aromatic N) is 2. The van der Waals surface area contributed by atoms with Gasteiger partial charge in [-0.05, 0) is 32.0 Å². The van der Waals surface area contributed by atoms with Crippen molar-refractivity contribution in [2.24, 2.45) is 0 Å². The molecule has 3 rings (SSSR count). The number of para-hydroxylation sites is 1. The lowest BCUT2D eigenvalue weighted by Crippen LogP contribution is -2.33. The maximum absolute atomic E-state index is 13.3. The van der Waals surface area contributed by atoms with Crippen molar-refractivity contribution in [1.82, 2.24) is 14.7 Å². The van der Waals surface area contributed by atoms with Crippen molar-refractivity contribution < 1.29 is 9.90 Å². The number of aliphatic hydroxyl groups is 1. The Morgan fingerprint density at radius 3 is 2.31 bits per heavy atom. The van der Waals surface area contributed by atoms with E-state index in [4.69, 9.17) is 0 Å². The molecule has 0 aliphatic heterocycles. The maximum atomic E-state index is 13.3. The molecule has 6 heteroatoms. The van der Waals surface area contributed by atoms with E-state index in [1.807, 2.05) is 36.4 Å². The number of hydrogen-bond donors (Lipinski definition) is 2. The molecule has 0 bridgehead atoms. The minimum absolute atomic E-state index is 0.133. The van der Waals surface area contributed by atoms with Crippen LogP contribution < -0.4 is 10.9 Å². The van der Waals surface area contributed by atoms with E-state index >= 15 is 0 Å². The van der Waals surface area contributed by atoms with Gasteiger partial charge in [0.25, 0.3) is 5.56 Å². The van der Waals surface area contributed by atoms with Crippen molar-refractivity contribution in [2.75, 3.05) is 13.1 Å². The Morgan fingerprint density at radius 2 is 1.69 bits per heavy atom. The first-order valence-corrected chi connectivity index (χ1v) is 9.91. The molecule has 2 N–H and O–H groups in total. The molecule has 0 saturated heterocycles. The van der Waals surface area contributed by atoms with Crippen LogP contribution in [0.5, 0.6) is 0 Å². The highest BCUT2D eigenvalue weighted by Gasteiger charge is 2.25. The molecule has 0 radical (unpaired) electrons. The monoisotopic (exact) mass is 393 g/mol. The summed E-state index contributed by atoms with van der Waals surface area (Å²) in [5.41, 5.74) is 1.42. The summed E-state index contributed by atoms with van der Waals surface area (Å²) in [6.07, 6.45) is 0.279. The van der Waals surface area contributed by atoms with Gasteiger partial charge in [-0.1, -0.05) is 55.5 Å². The highest BCUT2D eigenvalue weighted by atomic mass is 16.3. The predicted molar refractivity (Wildman–Crippen MR) is 114 cm³/mol. The molecule has 29 heavy (non-hydrogen) atoms. The quantitative estimate of drug-likeness (QED) is 0.433. The van der Waals surface area contributed by atoms with E-state index in [0.29, 0.717) is 23.5 Å². The summed E-state index contributed by atoms with van der Waals surface area (Å²) in [5, 5.41) is 13.7. The van der Waals surface area contributed by atoms with E-state index in [-0.39, 0.29) is 23.5 Å². The molecular formula is C23H27N3O3. The molecule has 2 aromatic carbocycles. The minimum atomic E-state index is -0.693. The largest absolute Gasteiger partial charge is 0.390 e. The molecule has 0 aliphatic carbocycles. The fourth-order valence-electron chi connectivity index (χ4n) is 3.40. The molecule has 1 aromatic heterocycles. The molecule has 0 spiro atoms. The molecule has 0 unspecified atom stereocenters. The summed E-state index contributed by atoms with van der Waals surface area (Å²) in [4.78, 5) is 26.4. The third-order valence-corrected chi connectivity index (χ3v) is 4.85. The topological polar surface area (TPSA) is 76.3 Å². The Morgan fingerprint density at radius 1 is 1.07 bits per heavy atom. The fourth-order valence-corrected chi connectivity index (χ4v) is 3.40. The van der Waals surface area contributed by atoms with Crippen LogP contribution in [0.1, 0.15) is 35.0 Å². The predicted octanol–water partition coefficient (Wildman–Crippen LogP) is 2.54. The number of carbonyl (C=O) groups excluding carboxylic acids is 1. The van der Waals surface area contributed by atoms with Crippen molar-refractivity contribution >= 4 is 5.78 Å². The molecule has 1 atom stereocenters. The molecule has 1 heterocycles. The van der Waals surface area contributed by atoms with E-state index < -0.39 is 6.10 Å². The Bertz CT molecular complexity index is 1010. The van der Waals surface area contributed by atoms with Gasteiger partial charge in [0.1, 0.15) is 5.56 Å². The van der Waals surface area contributed by atoms with Crippen LogP contribution in [0.2, 0.25) is 0 Å². The minimum Gasteiger partial charge on any atom is -0.390 e. The third-order valence-electron chi connectivity index (χ3n) is 4.85. The number of rotatable bonds is 9. The normalized spacial score (nSPS) is 12.1. The van der Waals surface area contributed by atoms with Crippen LogP contribution in [0.3, 0.4) is 0 Å². The van der Waals surface area contributed by atoms with Gasteiger partial charge in [0.15, 0.2) is 5.78 Å². The van der Waals surface area contributed by atoms with Crippen LogP contribution in [-0.2, 0) is 6.54 Å². The molecule has 0 saturated carbocycles. The number of benzene rings is 2. The molecular weight excluding hydrogens is 366 g/mol. The number of aliphatic hydroxyl groups excluding tert-OH is 1. The van der Waals surface area contributed by atoms with Gasteiger partial charge in [-0.3, -0.25) is 14.3 Å². The summed E-state index contributed by atoms with van der Waals surface area (Å²) in [6.45, 7) is 5.24. The fraction of sp³-hybridized carbons (Fsp3) is 0.304. The SMILES string of the molecule is CCCNC[C@@H](O)Cn1c(C)c(C(=O)c2ccccc2)c(=O)n1-c1ccccc1. The Kier molecular flexibility index (Phi) is 6.80. The van der Waals surface area contributed by atoms with E-state index in [1.54, 1.807) is 35.9 Å². The van der Waals surface area contributed by atoms with E-state index in [1.165, 1.54) is 4.68 Å². The lowest BCUT2D eigenvalue weighted by atomic mass is 10.0. The zero-order valence-corrected chi connectivity index (χ0v) is 16.8. The van der Waals surface area contributed by atoms with Gasteiger partial charge < -0.3 is 10.4 Å². The number of aromatic nitrogens is 2. The lowest BCUT2D eigenvalue weighted by molar-refractivity contribution is 0.103. The number of hydrogen-bond acceptors (Lipinski definition) is 4. The van der Waals surface area contributed by atoms with E-state index in [2.05, 4.69) is 12.2 Å². The lowest BCUT2D eigenvalue weighted by Gasteiger charge is -2.18. The highest BCUT2D eigenvalue weighted by Crippen LogP contribution is 2.16. The second kappa shape index (κ2) is 9.49. The zero-order valence-electron chi connectivity index (χ0n) is 16.8. The van der Waals surface area contributed by atoms with Gasteiger partial charge in [-0.25, -0.2) is 4.68 Å². The summed E-state index contributed by atoms with van der Waals surface area (Å²) in [7, 11) is 0. The van der Waals surface area contributed by atoms with Crippen LogP contribution in [0, 0.1) is 6.92 Å². The molecule has 0 amide bonds. The molecule has 152 valence electrons. The van der Waals surface area contributed by atoms with Crippen molar-refractivity contribution in [3.8, 4) is 5.69 Å². The Balaban J connectivity index is 2.06. The summed E-state index contributed by atoms with van der Waals surface area (Å²) in [5.74, 6) is -0.310. The van der Waals surface area contributed by atoms with Gasteiger partial charge >= 0.3 is 0 Å². The van der Waals surface area contributed by atoms with Crippen molar-refractivity contribution in [2.45, 2.75) is 32.9 Å². The average Bonchev–Trinajstić information content (AvgIpc) is 2.98. The maximum Gasteiger partial charge on any atom is 0.282 e. The van der Waals surface area contributed by atoms with E-state index in [9.17, 15) is 14.7 Å². The van der Waals surface area contributed by atoms with Gasteiger partial charge in [-0.15, -0.1) is 0 Å². The van der Waals surface area contributed by atoms with Crippen LogP contribution in [0.4, 0.5) is 0 Å². The first-order valence-electron chi connectivity index (χ1n) is 9.91. The molecule has 0 fully saturated rings. The Labute approximate surface area is 170 Å². The van der Waals surface area contributed by atoms with Gasteiger partial charge in [0.2, 0.25) is 0 Å². The smallest absolute Gasteiger partial charge is 0.282 e.